The van der Waals surface area contributed by atoms with Gasteiger partial charge in [-0.25, -0.2) is 9.78 Å². The average molecular weight is 348 g/mol. The van der Waals surface area contributed by atoms with E-state index in [9.17, 15) is 14.4 Å². The highest BCUT2D eigenvalue weighted by Crippen LogP contribution is 2.29. The van der Waals surface area contributed by atoms with Gasteiger partial charge in [0.25, 0.3) is 0 Å². The van der Waals surface area contributed by atoms with Crippen LogP contribution in [0.2, 0.25) is 0 Å². The lowest BCUT2D eigenvalue weighted by molar-refractivity contribution is -0.129. The molecule has 6 nitrogen and oxygen atoms in total. The number of hydrogen-bond acceptors (Lipinski definition) is 5. The van der Waals surface area contributed by atoms with Crippen LogP contribution in [-0.4, -0.2) is 16.7 Å². The molecule has 1 saturated carbocycles. The molecule has 3 aromatic rings. The molecular weight excluding hydrogens is 332 g/mol. The van der Waals surface area contributed by atoms with Gasteiger partial charge >= 0.3 is 5.63 Å². The highest BCUT2D eigenvalue weighted by molar-refractivity contribution is 6.09. The molecule has 2 aromatic carbocycles. The quantitative estimate of drug-likeness (QED) is 0.734. The number of nitrogens with one attached hydrogen (secondary N) is 1. The second-order valence-electron chi connectivity index (χ2n) is 6.27. The summed E-state index contributed by atoms with van der Waals surface area (Å²) in [7, 11) is 0. The van der Waals surface area contributed by atoms with Crippen molar-refractivity contribution in [2.45, 2.75) is 19.3 Å². The van der Waals surface area contributed by atoms with E-state index in [0.29, 0.717) is 35.0 Å². The zero-order valence-corrected chi connectivity index (χ0v) is 13.9. The molecule has 1 heterocycles. The molecular formula is C20H16N2O4. The summed E-state index contributed by atoms with van der Waals surface area (Å²) in [6.07, 6.45) is 1.75. The zero-order valence-electron chi connectivity index (χ0n) is 13.9. The van der Waals surface area contributed by atoms with Gasteiger partial charge in [-0.15, -0.1) is 0 Å². The van der Waals surface area contributed by atoms with Crippen LogP contribution in [0.25, 0.3) is 22.4 Å². The predicted molar refractivity (Wildman–Crippen MR) is 96.7 cm³/mol. The molecule has 130 valence electrons. The molecule has 1 fully saturated rings. The number of fused-ring (bicyclic) bond motifs is 1. The van der Waals surface area contributed by atoms with E-state index in [0.717, 1.165) is 6.42 Å². The lowest BCUT2D eigenvalue weighted by Crippen LogP contribution is -2.26. The van der Waals surface area contributed by atoms with Gasteiger partial charge in [-0.2, -0.15) is 0 Å². The fraction of sp³-hybridized carbons (Fsp3) is 0.200. The Morgan fingerprint density at radius 3 is 2.65 bits per heavy atom. The maximum Gasteiger partial charge on any atom is 0.347 e. The summed E-state index contributed by atoms with van der Waals surface area (Å²) >= 11 is 0. The summed E-state index contributed by atoms with van der Waals surface area (Å²) < 4.78 is 5.36. The normalized spacial score (nSPS) is 16.8. The fourth-order valence-corrected chi connectivity index (χ4v) is 3.23. The lowest BCUT2D eigenvalue weighted by atomic mass is 10.1. The average Bonchev–Trinajstić information content (AvgIpc) is 3.08. The summed E-state index contributed by atoms with van der Waals surface area (Å²) in [6, 6.07) is 13.9. The number of nitrogens with zero attached hydrogens (tertiary/aromatic N) is 1. The molecule has 0 spiro atoms. The van der Waals surface area contributed by atoms with Crippen molar-refractivity contribution in [2.24, 2.45) is 5.92 Å². The molecule has 6 heteroatoms. The van der Waals surface area contributed by atoms with Crippen molar-refractivity contribution in [3.05, 3.63) is 59.0 Å². The number of ketones is 1. The third-order valence-corrected chi connectivity index (χ3v) is 4.57. The van der Waals surface area contributed by atoms with Crippen LogP contribution in [0.15, 0.2) is 57.7 Å². The van der Waals surface area contributed by atoms with Crippen molar-refractivity contribution in [2.75, 3.05) is 5.32 Å². The van der Waals surface area contributed by atoms with Gasteiger partial charge in [0.1, 0.15) is 5.78 Å². The Kier molecular flexibility index (Phi) is 4.08. The number of anilines is 1. The van der Waals surface area contributed by atoms with Crippen LogP contribution in [-0.2, 0) is 9.59 Å². The van der Waals surface area contributed by atoms with E-state index in [1.165, 1.54) is 0 Å². The highest BCUT2D eigenvalue weighted by atomic mass is 16.4. The molecule has 1 amide bonds. The summed E-state index contributed by atoms with van der Waals surface area (Å²) in [5.41, 5.74) is 0.987. The van der Waals surface area contributed by atoms with Gasteiger partial charge in [0, 0.05) is 6.42 Å². The van der Waals surface area contributed by atoms with Crippen LogP contribution in [0.3, 0.4) is 0 Å². The molecule has 0 saturated heterocycles. The first-order chi connectivity index (χ1) is 12.6. The van der Waals surface area contributed by atoms with E-state index < -0.39 is 11.5 Å². The highest BCUT2D eigenvalue weighted by Gasteiger charge is 2.31. The number of carbonyl (C=O) groups is 2. The van der Waals surface area contributed by atoms with Gasteiger partial charge in [0.15, 0.2) is 0 Å². The number of rotatable bonds is 3. The van der Waals surface area contributed by atoms with Gasteiger partial charge in [0.2, 0.25) is 11.8 Å². The SMILES string of the molecule is O=C1CCCC1C(=O)Nc1ccccc1-c1nc2ccccc2c(=O)o1. The van der Waals surface area contributed by atoms with Crippen LogP contribution >= 0.6 is 0 Å². The van der Waals surface area contributed by atoms with E-state index >= 15 is 0 Å². The van der Waals surface area contributed by atoms with Gasteiger partial charge in [-0.1, -0.05) is 24.3 Å². The van der Waals surface area contributed by atoms with Crippen LogP contribution in [0.4, 0.5) is 5.69 Å². The molecule has 1 N–H and O–H groups in total. The minimum absolute atomic E-state index is 0.0321. The van der Waals surface area contributed by atoms with Crippen molar-refractivity contribution in [1.29, 1.82) is 0 Å². The first-order valence-electron chi connectivity index (χ1n) is 8.46. The standard InChI is InChI=1S/C20H16N2O4/c23-17-11-5-8-14(17)18(24)21-15-9-3-1-6-12(15)19-22-16-10-4-2-7-13(16)20(25)26-19/h1-4,6-7,9-10,14H,5,8,11H2,(H,21,24). The van der Waals surface area contributed by atoms with Crippen LogP contribution in [0, 0.1) is 5.92 Å². The number of amides is 1. The van der Waals surface area contributed by atoms with Crippen molar-refractivity contribution in [3.8, 4) is 11.5 Å². The molecule has 4 rings (SSSR count). The summed E-state index contributed by atoms with van der Waals surface area (Å²) in [4.78, 5) is 40.9. The monoisotopic (exact) mass is 348 g/mol. The van der Waals surface area contributed by atoms with Crippen molar-refractivity contribution < 1.29 is 14.0 Å². The zero-order chi connectivity index (χ0) is 18.1. The summed E-state index contributed by atoms with van der Waals surface area (Å²) in [5.74, 6) is -0.847. The van der Waals surface area contributed by atoms with Crippen molar-refractivity contribution >= 4 is 28.3 Å². The number of Topliss-reactive ketones (excluding diaryl/α,β-unsaturated/α-hetero) is 1. The number of aromatic nitrogens is 1. The van der Waals surface area contributed by atoms with E-state index in [1.54, 1.807) is 48.5 Å². The largest absolute Gasteiger partial charge is 0.403 e. The number of hydrogen-bond donors (Lipinski definition) is 1. The molecule has 0 radical (unpaired) electrons. The fourth-order valence-electron chi connectivity index (χ4n) is 3.23. The Morgan fingerprint density at radius 1 is 1.08 bits per heavy atom. The Balaban J connectivity index is 1.73. The molecule has 1 unspecified atom stereocenters. The maximum absolute atomic E-state index is 12.4. The number of carbonyl (C=O) groups excluding carboxylic acids is 2. The lowest BCUT2D eigenvalue weighted by Gasteiger charge is -2.12. The Labute approximate surface area is 148 Å². The molecule has 1 atom stereocenters. The van der Waals surface area contributed by atoms with E-state index in [-0.39, 0.29) is 17.6 Å². The van der Waals surface area contributed by atoms with Crippen molar-refractivity contribution in [1.82, 2.24) is 4.98 Å². The van der Waals surface area contributed by atoms with Crippen LogP contribution < -0.4 is 10.9 Å². The van der Waals surface area contributed by atoms with Crippen LogP contribution in [0.5, 0.6) is 0 Å². The van der Waals surface area contributed by atoms with E-state index in [1.807, 2.05) is 0 Å². The molecule has 1 aromatic heterocycles. The van der Waals surface area contributed by atoms with Crippen LogP contribution in [0.1, 0.15) is 19.3 Å². The molecule has 26 heavy (non-hydrogen) atoms. The summed E-state index contributed by atoms with van der Waals surface area (Å²) in [6.45, 7) is 0. The Bertz CT molecular complexity index is 1070. The second-order valence-corrected chi connectivity index (χ2v) is 6.27. The number of benzene rings is 2. The molecule has 1 aliphatic rings. The first-order valence-corrected chi connectivity index (χ1v) is 8.46. The summed E-state index contributed by atoms with van der Waals surface area (Å²) in [5, 5.41) is 3.18. The van der Waals surface area contributed by atoms with Gasteiger partial charge in [-0.3, -0.25) is 9.59 Å². The second kappa shape index (κ2) is 6.55. The van der Waals surface area contributed by atoms with Gasteiger partial charge in [-0.05, 0) is 37.1 Å². The number of para-hydroxylation sites is 2. The topological polar surface area (TPSA) is 89.3 Å². The van der Waals surface area contributed by atoms with Crippen molar-refractivity contribution in [3.63, 3.8) is 0 Å². The smallest absolute Gasteiger partial charge is 0.347 e. The van der Waals surface area contributed by atoms with Gasteiger partial charge in [0.05, 0.1) is 28.1 Å². The molecule has 0 aliphatic heterocycles. The Morgan fingerprint density at radius 2 is 1.85 bits per heavy atom. The minimum atomic E-state index is -0.611. The van der Waals surface area contributed by atoms with E-state index in [2.05, 4.69) is 10.3 Å². The third kappa shape index (κ3) is 2.90. The van der Waals surface area contributed by atoms with E-state index in [4.69, 9.17) is 4.42 Å². The molecule has 0 bridgehead atoms. The maximum atomic E-state index is 12.4. The Hall–Kier alpha value is -3.28. The predicted octanol–water partition coefficient (Wildman–Crippen LogP) is 3.16. The van der Waals surface area contributed by atoms with Gasteiger partial charge < -0.3 is 9.73 Å². The molecule has 1 aliphatic carbocycles. The third-order valence-electron chi connectivity index (χ3n) is 4.57. The first kappa shape index (κ1) is 16.2. The minimum Gasteiger partial charge on any atom is -0.403 e.